The Kier molecular flexibility index (Phi) is 8.22. The van der Waals surface area contributed by atoms with Crippen molar-refractivity contribution >= 4 is 62.7 Å². The molecule has 0 radical (unpaired) electrons. The maximum absolute atomic E-state index is 9.49. The Morgan fingerprint density at radius 1 is 1.62 bits per heavy atom. The first-order valence-electron chi connectivity index (χ1n) is 1.03. The van der Waals surface area contributed by atoms with Crippen molar-refractivity contribution in [1.82, 2.24) is 0 Å². The van der Waals surface area contributed by atoms with E-state index in [-0.39, 0.29) is 40.6 Å². The van der Waals surface area contributed by atoms with Gasteiger partial charge in [-0.15, -0.1) is 0 Å². The van der Waals surface area contributed by atoms with Crippen molar-refractivity contribution in [3.05, 3.63) is 0 Å². The van der Waals surface area contributed by atoms with E-state index in [4.69, 9.17) is 4.55 Å². The van der Waals surface area contributed by atoms with Crippen molar-refractivity contribution in [2.45, 2.75) is 0 Å². The van der Waals surface area contributed by atoms with Gasteiger partial charge in [0.15, 0.2) is 0 Å². The molecule has 1 N–H and O–H groups in total. The summed E-state index contributed by atoms with van der Waals surface area (Å²) in [6.45, 7) is 0. The van der Waals surface area contributed by atoms with Crippen LogP contribution in [0.2, 0.25) is 0 Å². The molecule has 0 aliphatic heterocycles. The third-order valence-corrected chi connectivity index (χ3v) is 1.60. The summed E-state index contributed by atoms with van der Waals surface area (Å²) in [5.41, 5.74) is 0. The molecule has 0 unspecified atom stereocenters. The third-order valence-electron chi connectivity index (χ3n) is 0.116. The summed E-state index contributed by atoms with van der Waals surface area (Å²) in [6.07, 6.45) is 0. The number of hydrogen-bond donors (Lipinski definition) is 2. The van der Waals surface area contributed by atoms with Crippen LogP contribution in [0.4, 0.5) is 0 Å². The Morgan fingerprint density at radius 3 is 2.00 bits per heavy atom. The molecule has 0 aromatic rings. The van der Waals surface area contributed by atoms with Crippen LogP contribution in [0.3, 0.4) is 0 Å². The van der Waals surface area contributed by atoms with Gasteiger partial charge in [-0.3, -0.25) is 4.55 Å². The quantitative estimate of drug-likeness (QED) is 0.203. The van der Waals surface area contributed by atoms with E-state index in [1.54, 1.807) is 0 Å². The van der Waals surface area contributed by atoms with Crippen LogP contribution in [0.1, 0.15) is 0 Å². The first kappa shape index (κ1) is 12.3. The summed E-state index contributed by atoms with van der Waals surface area (Å²) < 4.78 is 30.2. The molecule has 0 saturated carbocycles. The predicted molar refractivity (Wildman–Crippen MR) is 36.4 cm³/mol. The minimum atomic E-state index is -4.29. The summed E-state index contributed by atoms with van der Waals surface area (Å²) in [6, 6.07) is 0. The second-order valence-electron chi connectivity index (χ2n) is 0.570. The molecule has 8 heavy (non-hydrogen) atoms. The van der Waals surface area contributed by atoms with E-state index in [2.05, 4.69) is 15.3 Å². The van der Waals surface area contributed by atoms with Crippen molar-refractivity contribution in [3.8, 4) is 0 Å². The van der Waals surface area contributed by atoms with Crippen molar-refractivity contribution in [1.29, 1.82) is 0 Å². The van der Waals surface area contributed by atoms with Crippen LogP contribution < -0.4 is 0 Å². The minimum absolute atomic E-state index is 0. The molecule has 0 amide bonds. The van der Waals surface area contributed by atoms with E-state index >= 15 is 0 Å². The van der Waals surface area contributed by atoms with E-state index in [9.17, 15) is 8.42 Å². The monoisotopic (exact) mass is 186 g/mol. The average molecular weight is 186 g/mol. The van der Waals surface area contributed by atoms with Crippen LogP contribution in [0.5, 0.6) is 0 Å². The Balaban J connectivity index is 0. The fourth-order valence-corrected chi connectivity index (χ4v) is 1.04. The fraction of sp³-hybridized carbons (Fsp3) is 0. The zero-order valence-electron chi connectivity index (χ0n) is 2.94. The van der Waals surface area contributed by atoms with Crippen LogP contribution in [-0.4, -0.2) is 42.5 Å². The van der Waals surface area contributed by atoms with Gasteiger partial charge in [0.2, 0.25) is 0 Å². The van der Waals surface area contributed by atoms with Crippen molar-refractivity contribution < 1.29 is 16.6 Å². The second-order valence-corrected chi connectivity index (χ2v) is 2.57. The van der Waals surface area contributed by atoms with Crippen molar-refractivity contribution in [2.24, 2.45) is 0 Å². The van der Waals surface area contributed by atoms with Crippen LogP contribution in [-0.2, 0) is 14.0 Å². The predicted octanol–water partition coefficient (Wildman–Crippen LogP) is -0.350. The molecular weight excluding hydrogens is 183 g/mol. The fourth-order valence-electron chi connectivity index (χ4n) is 0.0385. The molecule has 8 heteroatoms. The molecule has 0 aromatic carbocycles. The zero-order chi connectivity index (χ0) is 5.91. The topological polar surface area (TPSA) is 63.6 Å². The van der Waals surface area contributed by atoms with Gasteiger partial charge >= 0.3 is 40.0 Å². The molecule has 0 aliphatic rings. The molecule has 0 spiro atoms. The third kappa shape index (κ3) is 10.5. The van der Waals surface area contributed by atoms with Gasteiger partial charge in [0, 0.05) is 0 Å². The van der Waals surface area contributed by atoms with Gasteiger partial charge < -0.3 is 0 Å². The van der Waals surface area contributed by atoms with Gasteiger partial charge in [-0.05, 0) is 0 Å². The Hall–Kier alpha value is 1.57. The zero-order valence-corrected chi connectivity index (χ0v) is 5.46. The molecule has 0 heterocycles. The van der Waals surface area contributed by atoms with E-state index < -0.39 is 10.4 Å². The standard InChI is InChI=1S/Na.H2O4S3.H/c;1-7(2,3)4-6-5;/h;5H,(H,1,2,3);. The number of thiol groups is 1. The average Bonchev–Trinajstić information content (AvgIpc) is 1.30. The first-order chi connectivity index (χ1) is 3.06. The van der Waals surface area contributed by atoms with Gasteiger partial charge in [-0.2, -0.15) is 12.0 Å². The molecule has 0 atom stereocenters. The Labute approximate surface area is 78.6 Å². The van der Waals surface area contributed by atoms with Crippen LogP contribution in [0.15, 0.2) is 0 Å². The summed E-state index contributed by atoms with van der Waals surface area (Å²) in [7, 11) is -4.29. The van der Waals surface area contributed by atoms with E-state index in [0.717, 1.165) is 0 Å². The molecule has 0 aromatic heterocycles. The van der Waals surface area contributed by atoms with Crippen LogP contribution >= 0.6 is 22.7 Å². The summed E-state index contributed by atoms with van der Waals surface area (Å²) in [5, 5.41) is 0. The molecule has 0 aliphatic carbocycles. The van der Waals surface area contributed by atoms with Gasteiger partial charge in [0.1, 0.15) is 0 Å². The molecule has 0 fully saturated rings. The molecule has 4 nitrogen and oxygen atoms in total. The molecule has 0 rings (SSSR count). The first-order valence-corrected chi connectivity index (χ1v) is 4.19. The number of rotatable bonds is 2. The van der Waals surface area contributed by atoms with Crippen LogP contribution in [0, 0.1) is 0 Å². The molecule has 0 saturated heterocycles. The van der Waals surface area contributed by atoms with Gasteiger partial charge in [-0.1, -0.05) is 11.7 Å². The second kappa shape index (κ2) is 5.36. The molecule has 0 bridgehead atoms. The van der Waals surface area contributed by atoms with Gasteiger partial charge in [-0.25, -0.2) is 0 Å². The molecular formula is H3NaO4S3. The summed E-state index contributed by atoms with van der Waals surface area (Å²) >= 11 is 3.53. The van der Waals surface area contributed by atoms with Crippen molar-refractivity contribution in [3.63, 3.8) is 0 Å². The van der Waals surface area contributed by atoms with Gasteiger partial charge in [0.05, 0.1) is 11.1 Å². The number of hydrogen-bond acceptors (Lipinski definition) is 5. The Bertz CT molecular complexity index is 124. The van der Waals surface area contributed by atoms with Crippen molar-refractivity contribution in [2.75, 3.05) is 0 Å². The molecule has 46 valence electrons. The van der Waals surface area contributed by atoms with E-state index in [1.807, 2.05) is 0 Å². The van der Waals surface area contributed by atoms with E-state index in [0.29, 0.717) is 0 Å². The summed E-state index contributed by atoms with van der Waals surface area (Å²) in [5.74, 6) is 0. The SMILES string of the molecule is O=S(=O)(O)OSS.[NaH]. The van der Waals surface area contributed by atoms with E-state index in [1.165, 1.54) is 0 Å². The van der Waals surface area contributed by atoms with Crippen LogP contribution in [0.25, 0.3) is 0 Å². The Morgan fingerprint density at radius 2 is 2.00 bits per heavy atom. The van der Waals surface area contributed by atoms with Gasteiger partial charge in [0.25, 0.3) is 0 Å². The summed E-state index contributed by atoms with van der Waals surface area (Å²) in [4.78, 5) is 0. The normalized spacial score (nSPS) is 10.2. The maximum atomic E-state index is 9.49.